The summed E-state index contributed by atoms with van der Waals surface area (Å²) in [5, 5.41) is 11.1. The largest absolute Gasteiger partial charge is 0.468 e. The van der Waals surface area contributed by atoms with Gasteiger partial charge in [-0.3, -0.25) is 14.9 Å². The normalized spacial score (nSPS) is 20.1. The number of sulfone groups is 1. The summed E-state index contributed by atoms with van der Waals surface area (Å²) in [4.78, 5) is 28.4. The molecule has 10 nitrogen and oxygen atoms in total. The van der Waals surface area contributed by atoms with Crippen molar-refractivity contribution < 1.29 is 22.9 Å². The SMILES string of the molecule is COC(=O)C1C(N(C)C)=NC(N)=C(S(C)(=O)=O)C1c1cccc([N+](=O)[O-])c1. The quantitative estimate of drug-likeness (QED) is 0.443. The number of nitrogens with two attached hydrogens (primary N) is 1. The summed E-state index contributed by atoms with van der Waals surface area (Å²) in [5.74, 6) is -3.04. The molecule has 2 N–H and O–H groups in total. The van der Waals surface area contributed by atoms with Crippen LogP contribution in [0.15, 0.2) is 40.0 Å². The van der Waals surface area contributed by atoms with Crippen LogP contribution in [0.4, 0.5) is 5.69 Å². The fraction of sp³-hybridized carbons (Fsp3) is 0.375. The molecule has 0 fully saturated rings. The molecule has 11 heteroatoms. The molecule has 146 valence electrons. The van der Waals surface area contributed by atoms with Crippen LogP contribution in [0.1, 0.15) is 11.5 Å². The topological polar surface area (TPSA) is 145 Å². The monoisotopic (exact) mass is 396 g/mol. The number of ether oxygens (including phenoxy) is 1. The van der Waals surface area contributed by atoms with Gasteiger partial charge in [-0.25, -0.2) is 13.4 Å². The molecule has 1 aromatic rings. The number of methoxy groups -OCH3 is 1. The van der Waals surface area contributed by atoms with E-state index in [1.165, 1.54) is 36.3 Å². The Morgan fingerprint density at radius 3 is 2.48 bits per heavy atom. The summed E-state index contributed by atoms with van der Waals surface area (Å²) in [7, 11) is 0.537. The van der Waals surface area contributed by atoms with Crippen molar-refractivity contribution >= 4 is 27.3 Å². The van der Waals surface area contributed by atoms with Crippen LogP contribution in [-0.4, -0.2) is 57.5 Å². The van der Waals surface area contributed by atoms with E-state index in [-0.39, 0.29) is 27.8 Å². The molecule has 0 aliphatic carbocycles. The maximum Gasteiger partial charge on any atom is 0.317 e. The highest BCUT2D eigenvalue weighted by Gasteiger charge is 2.45. The predicted molar refractivity (Wildman–Crippen MR) is 98.5 cm³/mol. The zero-order valence-electron chi connectivity index (χ0n) is 15.2. The van der Waals surface area contributed by atoms with Gasteiger partial charge in [-0.1, -0.05) is 12.1 Å². The highest BCUT2D eigenvalue weighted by Crippen LogP contribution is 2.41. The lowest BCUT2D eigenvalue weighted by atomic mass is 9.82. The first-order chi connectivity index (χ1) is 12.5. The molecule has 27 heavy (non-hydrogen) atoms. The van der Waals surface area contributed by atoms with Crippen LogP contribution in [-0.2, 0) is 19.4 Å². The number of aliphatic imine (C=N–C) groups is 1. The maximum atomic E-state index is 12.5. The Balaban J connectivity index is 2.84. The molecule has 0 bridgehead atoms. The molecule has 2 unspecified atom stereocenters. The molecular formula is C16H20N4O6S. The van der Waals surface area contributed by atoms with Crippen LogP contribution in [0.25, 0.3) is 0 Å². The summed E-state index contributed by atoms with van der Waals surface area (Å²) in [6.45, 7) is 0. The van der Waals surface area contributed by atoms with Crippen LogP contribution >= 0.6 is 0 Å². The molecule has 0 aromatic heterocycles. The predicted octanol–water partition coefficient (Wildman–Crippen LogP) is 0.614. The zero-order chi connectivity index (χ0) is 20.5. The first-order valence-corrected chi connectivity index (χ1v) is 9.66. The first kappa shape index (κ1) is 20.4. The Labute approximate surface area is 156 Å². The number of amidine groups is 1. The summed E-state index contributed by atoms with van der Waals surface area (Å²) < 4.78 is 29.7. The number of nitro benzene ring substituents is 1. The lowest BCUT2D eigenvalue weighted by Crippen LogP contribution is -2.43. The van der Waals surface area contributed by atoms with Crippen LogP contribution in [0.5, 0.6) is 0 Å². The fourth-order valence-electron chi connectivity index (χ4n) is 3.05. The van der Waals surface area contributed by atoms with Crippen LogP contribution in [0.3, 0.4) is 0 Å². The fourth-order valence-corrected chi connectivity index (χ4v) is 4.21. The molecule has 0 saturated carbocycles. The number of allylic oxidation sites excluding steroid dienone is 1. The number of hydrogen-bond acceptors (Lipinski definition) is 9. The van der Waals surface area contributed by atoms with Gasteiger partial charge in [0.05, 0.1) is 16.9 Å². The van der Waals surface area contributed by atoms with Gasteiger partial charge >= 0.3 is 5.97 Å². The third-order valence-electron chi connectivity index (χ3n) is 4.13. The number of rotatable bonds is 4. The van der Waals surface area contributed by atoms with E-state index >= 15 is 0 Å². The zero-order valence-corrected chi connectivity index (χ0v) is 16.1. The van der Waals surface area contributed by atoms with Crippen LogP contribution in [0.2, 0.25) is 0 Å². The number of benzene rings is 1. The lowest BCUT2D eigenvalue weighted by Gasteiger charge is -2.34. The van der Waals surface area contributed by atoms with Gasteiger partial charge in [0.1, 0.15) is 17.6 Å². The summed E-state index contributed by atoms with van der Waals surface area (Å²) >= 11 is 0. The highest BCUT2D eigenvalue weighted by molar-refractivity contribution is 7.94. The van der Waals surface area contributed by atoms with Crippen LogP contribution < -0.4 is 5.73 Å². The van der Waals surface area contributed by atoms with Gasteiger partial charge in [0.15, 0.2) is 9.84 Å². The van der Waals surface area contributed by atoms with E-state index in [9.17, 15) is 23.3 Å². The van der Waals surface area contributed by atoms with Crippen molar-refractivity contribution in [3.63, 3.8) is 0 Å². The van der Waals surface area contributed by atoms with Crippen molar-refractivity contribution in [3.05, 3.63) is 50.7 Å². The second kappa shape index (κ2) is 7.35. The number of carbonyl (C=O) groups is 1. The minimum absolute atomic E-state index is 0.197. The Morgan fingerprint density at radius 1 is 1.37 bits per heavy atom. The summed E-state index contributed by atoms with van der Waals surface area (Å²) in [6, 6.07) is 5.41. The van der Waals surface area contributed by atoms with Gasteiger partial charge in [0, 0.05) is 38.4 Å². The molecule has 1 aliphatic heterocycles. The number of non-ortho nitro benzene ring substituents is 1. The molecule has 2 atom stereocenters. The van der Waals surface area contributed by atoms with E-state index in [4.69, 9.17) is 10.5 Å². The van der Waals surface area contributed by atoms with Crippen LogP contribution in [0, 0.1) is 16.0 Å². The van der Waals surface area contributed by atoms with Crippen molar-refractivity contribution in [1.82, 2.24) is 4.90 Å². The molecule has 0 spiro atoms. The average molecular weight is 396 g/mol. The van der Waals surface area contributed by atoms with E-state index in [1.807, 2.05) is 0 Å². The Kier molecular flexibility index (Phi) is 5.54. The van der Waals surface area contributed by atoms with E-state index in [1.54, 1.807) is 14.1 Å². The third kappa shape index (κ3) is 3.92. The van der Waals surface area contributed by atoms with E-state index < -0.39 is 32.6 Å². The molecule has 0 saturated heterocycles. The standard InChI is InChI=1S/C16H20N4O6S/c1-19(2)15-12(16(21)26-3)11(13(14(17)18-15)27(4,24)25)9-6-5-7-10(8-9)20(22)23/h5-8,11-12H,17H2,1-4H3. The Bertz CT molecular complexity index is 951. The van der Waals surface area contributed by atoms with E-state index in [0.717, 1.165) is 6.26 Å². The number of hydrogen-bond donors (Lipinski definition) is 1. The van der Waals surface area contributed by atoms with Crippen molar-refractivity contribution in [2.24, 2.45) is 16.6 Å². The van der Waals surface area contributed by atoms with Crippen molar-refractivity contribution in [1.29, 1.82) is 0 Å². The third-order valence-corrected chi connectivity index (χ3v) is 5.40. The van der Waals surface area contributed by atoms with Gasteiger partial charge in [0.2, 0.25) is 0 Å². The van der Waals surface area contributed by atoms with E-state index in [0.29, 0.717) is 0 Å². The first-order valence-electron chi connectivity index (χ1n) is 7.76. The molecular weight excluding hydrogens is 376 g/mol. The van der Waals surface area contributed by atoms with Crippen molar-refractivity contribution in [2.45, 2.75) is 5.92 Å². The number of nitro groups is 1. The minimum atomic E-state index is -3.88. The Morgan fingerprint density at radius 2 is 2.00 bits per heavy atom. The molecule has 0 amide bonds. The van der Waals surface area contributed by atoms with Crippen molar-refractivity contribution in [2.75, 3.05) is 27.5 Å². The second-order valence-corrected chi connectivity index (χ2v) is 8.20. The van der Waals surface area contributed by atoms with Gasteiger partial charge in [0.25, 0.3) is 5.69 Å². The minimum Gasteiger partial charge on any atom is -0.468 e. The van der Waals surface area contributed by atoms with Gasteiger partial charge in [-0.15, -0.1) is 0 Å². The van der Waals surface area contributed by atoms with Gasteiger partial charge in [-0.05, 0) is 5.56 Å². The van der Waals surface area contributed by atoms with E-state index in [2.05, 4.69) is 4.99 Å². The number of nitrogens with zero attached hydrogens (tertiary/aromatic N) is 3. The Hall–Kier alpha value is -2.95. The number of carbonyl (C=O) groups excluding carboxylic acids is 1. The molecule has 2 rings (SSSR count). The molecule has 1 aliphatic rings. The van der Waals surface area contributed by atoms with Crippen molar-refractivity contribution in [3.8, 4) is 0 Å². The molecule has 0 radical (unpaired) electrons. The average Bonchev–Trinajstić information content (AvgIpc) is 2.58. The molecule has 1 heterocycles. The van der Waals surface area contributed by atoms with Gasteiger partial charge in [-0.2, -0.15) is 0 Å². The molecule has 1 aromatic carbocycles. The maximum absolute atomic E-state index is 12.5. The lowest BCUT2D eigenvalue weighted by molar-refractivity contribution is -0.384. The smallest absolute Gasteiger partial charge is 0.317 e. The number of esters is 1. The highest BCUT2D eigenvalue weighted by atomic mass is 32.2. The second-order valence-electron chi connectivity index (χ2n) is 6.22. The van der Waals surface area contributed by atoms with Gasteiger partial charge < -0.3 is 15.4 Å². The summed E-state index contributed by atoms with van der Waals surface area (Å²) in [5.41, 5.74) is 5.93. The summed E-state index contributed by atoms with van der Waals surface area (Å²) in [6.07, 6.45) is 0.948.